The number of H-pyrrole nitrogens is 2. The Bertz CT molecular complexity index is 1080. The Kier molecular flexibility index (Phi) is 3.92. The van der Waals surface area contributed by atoms with Crippen molar-refractivity contribution in [3.05, 3.63) is 51.4 Å². The number of nitrogens with one attached hydrogen (secondary N) is 2. The van der Waals surface area contributed by atoms with Crippen LogP contribution in [0.4, 0.5) is 0 Å². The molecule has 0 unspecified atom stereocenters. The van der Waals surface area contributed by atoms with Crippen LogP contribution in [0.2, 0.25) is 0 Å². The Morgan fingerprint density at radius 1 is 1.25 bits per heavy atom. The van der Waals surface area contributed by atoms with Gasteiger partial charge < -0.3 is 14.7 Å². The highest BCUT2D eigenvalue weighted by atomic mass is 32.2. The van der Waals surface area contributed by atoms with Gasteiger partial charge in [0, 0.05) is 29.1 Å². The SMILES string of the molecule is COc1ccc2nc(S(=O)(=O)Cc3[nH]cc(C)c(=O)c3C)[nH]c2c1. The minimum absolute atomic E-state index is 0.133. The van der Waals surface area contributed by atoms with Gasteiger partial charge in [0.15, 0.2) is 5.43 Å². The van der Waals surface area contributed by atoms with Crippen molar-refractivity contribution in [2.45, 2.75) is 24.8 Å². The molecule has 0 aliphatic heterocycles. The van der Waals surface area contributed by atoms with Gasteiger partial charge >= 0.3 is 0 Å². The smallest absolute Gasteiger partial charge is 0.226 e. The number of fused-ring (bicyclic) bond motifs is 1. The highest BCUT2D eigenvalue weighted by molar-refractivity contribution is 7.90. The van der Waals surface area contributed by atoms with Crippen LogP contribution in [0, 0.1) is 13.8 Å². The molecule has 0 fully saturated rings. The summed E-state index contributed by atoms with van der Waals surface area (Å²) in [4.78, 5) is 21.8. The van der Waals surface area contributed by atoms with Gasteiger partial charge in [0.2, 0.25) is 15.0 Å². The van der Waals surface area contributed by atoms with Crippen LogP contribution < -0.4 is 10.2 Å². The maximum atomic E-state index is 12.6. The summed E-state index contributed by atoms with van der Waals surface area (Å²) >= 11 is 0. The van der Waals surface area contributed by atoms with Crippen molar-refractivity contribution in [1.82, 2.24) is 15.0 Å². The number of pyridine rings is 1. The topological polar surface area (TPSA) is 105 Å². The van der Waals surface area contributed by atoms with Crippen molar-refractivity contribution >= 4 is 20.9 Å². The molecule has 0 aliphatic carbocycles. The largest absolute Gasteiger partial charge is 0.497 e. The zero-order chi connectivity index (χ0) is 17.5. The van der Waals surface area contributed by atoms with E-state index in [1.165, 1.54) is 13.3 Å². The molecule has 0 aliphatic rings. The van der Waals surface area contributed by atoms with E-state index in [0.29, 0.717) is 33.6 Å². The van der Waals surface area contributed by atoms with E-state index < -0.39 is 9.84 Å². The predicted octanol–water partition coefficient (Wildman–Crippen LogP) is 1.85. The third kappa shape index (κ3) is 2.80. The molecule has 24 heavy (non-hydrogen) atoms. The fourth-order valence-electron chi connectivity index (χ4n) is 2.45. The molecule has 0 spiro atoms. The lowest BCUT2D eigenvalue weighted by molar-refractivity contribution is 0.415. The number of benzene rings is 1. The van der Waals surface area contributed by atoms with E-state index in [4.69, 9.17) is 4.74 Å². The van der Waals surface area contributed by atoms with Crippen LogP contribution in [-0.2, 0) is 15.6 Å². The van der Waals surface area contributed by atoms with Crippen LogP contribution in [0.3, 0.4) is 0 Å². The van der Waals surface area contributed by atoms with E-state index >= 15 is 0 Å². The monoisotopic (exact) mass is 347 g/mol. The van der Waals surface area contributed by atoms with Crippen LogP contribution in [0.5, 0.6) is 5.75 Å². The number of hydrogen-bond acceptors (Lipinski definition) is 5. The molecule has 0 saturated heterocycles. The zero-order valence-corrected chi connectivity index (χ0v) is 14.3. The lowest BCUT2D eigenvalue weighted by Crippen LogP contribution is -2.17. The number of rotatable bonds is 4. The Balaban J connectivity index is 2.02. The molecule has 0 atom stereocenters. The molecular weight excluding hydrogens is 330 g/mol. The van der Waals surface area contributed by atoms with Gasteiger partial charge in [0.05, 0.1) is 23.9 Å². The summed E-state index contributed by atoms with van der Waals surface area (Å²) in [5.74, 6) is 0.277. The maximum absolute atomic E-state index is 12.6. The van der Waals surface area contributed by atoms with Crippen LogP contribution in [0.15, 0.2) is 34.3 Å². The van der Waals surface area contributed by atoms with Crippen molar-refractivity contribution in [2.24, 2.45) is 0 Å². The van der Waals surface area contributed by atoms with Gasteiger partial charge in [-0.2, -0.15) is 0 Å². The number of ether oxygens (including phenoxy) is 1. The molecule has 0 radical (unpaired) electrons. The van der Waals surface area contributed by atoms with E-state index in [1.54, 1.807) is 32.0 Å². The number of methoxy groups -OCH3 is 1. The van der Waals surface area contributed by atoms with Crippen LogP contribution in [0.25, 0.3) is 11.0 Å². The Morgan fingerprint density at radius 3 is 2.71 bits per heavy atom. The van der Waals surface area contributed by atoms with Gasteiger partial charge in [-0.3, -0.25) is 4.79 Å². The number of aromatic nitrogens is 3. The van der Waals surface area contributed by atoms with Gasteiger partial charge in [-0.25, -0.2) is 13.4 Å². The first-order valence-electron chi connectivity index (χ1n) is 7.26. The van der Waals surface area contributed by atoms with Crippen LogP contribution >= 0.6 is 0 Å². The third-order valence-electron chi connectivity index (χ3n) is 3.91. The van der Waals surface area contributed by atoms with Crippen molar-refractivity contribution in [2.75, 3.05) is 7.11 Å². The number of nitrogens with zero attached hydrogens (tertiary/aromatic N) is 1. The lowest BCUT2D eigenvalue weighted by Gasteiger charge is -2.06. The zero-order valence-electron chi connectivity index (χ0n) is 13.5. The van der Waals surface area contributed by atoms with E-state index in [1.807, 2.05) is 0 Å². The van der Waals surface area contributed by atoms with E-state index in [9.17, 15) is 13.2 Å². The molecule has 2 heterocycles. The molecule has 3 aromatic rings. The van der Waals surface area contributed by atoms with Crippen molar-refractivity contribution in [3.8, 4) is 5.75 Å². The summed E-state index contributed by atoms with van der Waals surface area (Å²) in [6.07, 6.45) is 1.52. The normalized spacial score (nSPS) is 11.8. The highest BCUT2D eigenvalue weighted by Crippen LogP contribution is 2.22. The highest BCUT2D eigenvalue weighted by Gasteiger charge is 2.22. The van der Waals surface area contributed by atoms with Gasteiger partial charge in [-0.05, 0) is 26.0 Å². The fraction of sp³-hybridized carbons (Fsp3) is 0.250. The summed E-state index contributed by atoms with van der Waals surface area (Å²) in [7, 11) is -2.19. The quantitative estimate of drug-likeness (QED) is 0.749. The number of imidazole rings is 1. The van der Waals surface area contributed by atoms with Crippen molar-refractivity contribution < 1.29 is 13.2 Å². The number of hydrogen-bond donors (Lipinski definition) is 2. The van der Waals surface area contributed by atoms with Crippen molar-refractivity contribution in [1.29, 1.82) is 0 Å². The Morgan fingerprint density at radius 2 is 2.00 bits per heavy atom. The minimum atomic E-state index is -3.72. The molecule has 2 N–H and O–H groups in total. The standard InChI is InChI=1S/C16H17N3O4S/c1-9-7-17-14(10(2)15(9)20)8-24(21,22)16-18-12-5-4-11(23-3)6-13(12)19-16/h4-7H,8H2,1-3H3,(H,17,20)(H,18,19). The second-order valence-electron chi connectivity index (χ2n) is 5.59. The number of sulfone groups is 1. The summed E-state index contributed by atoms with van der Waals surface area (Å²) < 4.78 is 30.4. The lowest BCUT2D eigenvalue weighted by atomic mass is 10.2. The molecule has 2 aromatic heterocycles. The first kappa shape index (κ1) is 16.3. The van der Waals surface area contributed by atoms with Crippen molar-refractivity contribution in [3.63, 3.8) is 0 Å². The molecule has 7 nitrogen and oxygen atoms in total. The summed E-state index contributed by atoms with van der Waals surface area (Å²) in [6, 6.07) is 5.07. The van der Waals surface area contributed by atoms with Crippen LogP contribution in [0.1, 0.15) is 16.8 Å². The predicted molar refractivity (Wildman–Crippen MR) is 90.1 cm³/mol. The molecule has 0 saturated carbocycles. The van der Waals surface area contributed by atoms with Gasteiger partial charge in [-0.1, -0.05) is 0 Å². The molecule has 1 aromatic carbocycles. The minimum Gasteiger partial charge on any atom is -0.497 e. The molecular formula is C16H17N3O4S. The van der Waals surface area contributed by atoms with Crippen LogP contribution in [-0.4, -0.2) is 30.5 Å². The second-order valence-corrected chi connectivity index (χ2v) is 7.49. The molecule has 126 valence electrons. The summed E-state index contributed by atoms with van der Waals surface area (Å²) in [6.45, 7) is 3.29. The summed E-state index contributed by atoms with van der Waals surface area (Å²) in [5.41, 5.74) is 2.25. The summed E-state index contributed by atoms with van der Waals surface area (Å²) in [5, 5.41) is -0.133. The first-order valence-corrected chi connectivity index (χ1v) is 8.91. The molecule has 8 heteroatoms. The Hall–Kier alpha value is -2.61. The maximum Gasteiger partial charge on any atom is 0.226 e. The second kappa shape index (κ2) is 5.79. The first-order chi connectivity index (χ1) is 11.3. The van der Waals surface area contributed by atoms with Gasteiger partial charge in [0.25, 0.3) is 0 Å². The fourth-order valence-corrected chi connectivity index (χ4v) is 3.77. The third-order valence-corrected chi connectivity index (χ3v) is 5.36. The average Bonchev–Trinajstić information content (AvgIpc) is 2.99. The molecule has 0 bridgehead atoms. The van der Waals surface area contributed by atoms with E-state index in [2.05, 4.69) is 15.0 Å². The number of aryl methyl sites for hydroxylation is 1. The van der Waals surface area contributed by atoms with Gasteiger partial charge in [0.1, 0.15) is 5.75 Å². The Labute approximate surface area is 138 Å². The van der Waals surface area contributed by atoms with E-state index in [-0.39, 0.29) is 16.3 Å². The molecule has 3 rings (SSSR count). The van der Waals surface area contributed by atoms with E-state index in [0.717, 1.165) is 0 Å². The number of aromatic amines is 2. The molecule has 0 amide bonds. The van der Waals surface area contributed by atoms with Gasteiger partial charge in [-0.15, -0.1) is 0 Å². The average molecular weight is 347 g/mol.